The summed E-state index contributed by atoms with van der Waals surface area (Å²) >= 11 is 7.69. The smallest absolute Gasteiger partial charge is 0.274 e. The van der Waals surface area contributed by atoms with Crippen molar-refractivity contribution in [3.8, 4) is 21.9 Å². The average molecular weight is 512 g/mol. The number of hydrogen-bond acceptors (Lipinski definition) is 6. The molecule has 182 valence electrons. The molecule has 2 amide bonds. The molecule has 0 spiro atoms. The number of halogens is 1. The molecule has 3 aromatic rings. The monoisotopic (exact) mass is 511 g/mol. The number of hydrogen-bond donors (Lipinski definition) is 1. The standard InChI is InChI=1S/C26H26ClN3O4S/c1-14-29-23(24(35-14)15-5-4-6-18(27)7-15)26(32)30-13-17-10-21(17)22(30)12-28-25(31)16-8-19(33-2)11-20(9-16)34-3/h4-9,11,17,21-22H,10,12-13H2,1-3H3,(H,28,31)/t17-,21-,22+/m0/s1. The summed E-state index contributed by atoms with van der Waals surface area (Å²) in [7, 11) is 3.09. The number of aromatic nitrogens is 1. The second-order valence-electron chi connectivity index (χ2n) is 8.92. The van der Waals surface area contributed by atoms with E-state index in [1.807, 2.05) is 36.1 Å². The van der Waals surface area contributed by atoms with Gasteiger partial charge in [-0.2, -0.15) is 0 Å². The first kappa shape index (κ1) is 23.6. The van der Waals surface area contributed by atoms with E-state index in [4.69, 9.17) is 21.1 Å². The first-order chi connectivity index (χ1) is 16.9. The van der Waals surface area contributed by atoms with Crippen LogP contribution in [0.2, 0.25) is 5.02 Å². The van der Waals surface area contributed by atoms with Gasteiger partial charge in [-0.25, -0.2) is 4.98 Å². The van der Waals surface area contributed by atoms with Crippen molar-refractivity contribution in [1.29, 1.82) is 0 Å². The Morgan fingerprint density at radius 3 is 2.60 bits per heavy atom. The molecular weight excluding hydrogens is 486 g/mol. The highest BCUT2D eigenvalue weighted by atomic mass is 35.5. The summed E-state index contributed by atoms with van der Waals surface area (Å²) in [5.41, 5.74) is 1.78. The summed E-state index contributed by atoms with van der Waals surface area (Å²) in [5, 5.41) is 4.46. The Labute approximate surface area is 213 Å². The Balaban J connectivity index is 1.34. The van der Waals surface area contributed by atoms with E-state index in [0.29, 0.717) is 52.7 Å². The molecule has 2 aliphatic rings. The van der Waals surface area contributed by atoms with Crippen LogP contribution in [0.5, 0.6) is 11.5 Å². The topological polar surface area (TPSA) is 80.8 Å². The maximum absolute atomic E-state index is 13.7. The number of thiazole rings is 1. The summed E-state index contributed by atoms with van der Waals surface area (Å²) in [5.74, 6) is 1.63. The normalized spacial score (nSPS) is 20.3. The molecule has 1 saturated heterocycles. The lowest BCUT2D eigenvalue weighted by molar-refractivity contribution is 0.0690. The van der Waals surface area contributed by atoms with Gasteiger partial charge in [0.2, 0.25) is 0 Å². The van der Waals surface area contributed by atoms with Crippen LogP contribution in [0.15, 0.2) is 42.5 Å². The van der Waals surface area contributed by atoms with E-state index in [0.717, 1.165) is 21.9 Å². The lowest BCUT2D eigenvalue weighted by atomic mass is 10.1. The molecule has 2 aromatic carbocycles. The number of rotatable bonds is 7. The van der Waals surface area contributed by atoms with Crippen molar-refractivity contribution >= 4 is 34.8 Å². The number of benzene rings is 2. The number of methoxy groups -OCH3 is 2. The minimum Gasteiger partial charge on any atom is -0.497 e. The molecule has 35 heavy (non-hydrogen) atoms. The van der Waals surface area contributed by atoms with Crippen molar-refractivity contribution in [3.63, 3.8) is 0 Å². The van der Waals surface area contributed by atoms with Crippen molar-refractivity contribution in [2.24, 2.45) is 11.8 Å². The molecule has 7 nitrogen and oxygen atoms in total. The first-order valence-electron chi connectivity index (χ1n) is 11.4. The molecule has 9 heteroatoms. The fourth-order valence-corrected chi connectivity index (χ4v) is 5.93. The van der Waals surface area contributed by atoms with Gasteiger partial charge in [-0.3, -0.25) is 9.59 Å². The van der Waals surface area contributed by atoms with Gasteiger partial charge in [0.15, 0.2) is 0 Å². The van der Waals surface area contributed by atoms with Crippen LogP contribution in [-0.2, 0) is 0 Å². The van der Waals surface area contributed by atoms with Gasteiger partial charge in [0.25, 0.3) is 11.8 Å². The lowest BCUT2D eigenvalue weighted by Crippen LogP contribution is -2.45. The Bertz CT molecular complexity index is 1270. The van der Waals surface area contributed by atoms with E-state index in [9.17, 15) is 9.59 Å². The van der Waals surface area contributed by atoms with Crippen molar-refractivity contribution in [1.82, 2.24) is 15.2 Å². The molecule has 0 bridgehead atoms. The quantitative estimate of drug-likeness (QED) is 0.498. The van der Waals surface area contributed by atoms with Crippen LogP contribution >= 0.6 is 22.9 Å². The zero-order chi connectivity index (χ0) is 24.7. The van der Waals surface area contributed by atoms with Crippen LogP contribution < -0.4 is 14.8 Å². The second-order valence-corrected chi connectivity index (χ2v) is 10.6. The van der Waals surface area contributed by atoms with Gasteiger partial charge in [0, 0.05) is 29.7 Å². The average Bonchev–Trinajstić information content (AvgIpc) is 3.38. The minimum absolute atomic E-state index is 0.0711. The molecule has 1 aromatic heterocycles. The van der Waals surface area contributed by atoms with Gasteiger partial charge in [0.05, 0.1) is 30.1 Å². The van der Waals surface area contributed by atoms with Crippen molar-refractivity contribution in [2.75, 3.05) is 27.3 Å². The third-order valence-corrected chi connectivity index (χ3v) is 7.93. The second kappa shape index (κ2) is 9.51. The number of aryl methyl sites for hydroxylation is 1. The number of nitrogens with one attached hydrogen (secondary N) is 1. The highest BCUT2D eigenvalue weighted by Gasteiger charge is 2.54. The van der Waals surface area contributed by atoms with Crippen molar-refractivity contribution < 1.29 is 19.1 Å². The molecule has 3 atom stereocenters. The molecular formula is C26H26ClN3O4S. The fraction of sp³-hybridized carbons (Fsp3) is 0.346. The molecule has 2 heterocycles. The Kier molecular flexibility index (Phi) is 6.42. The number of nitrogens with zero attached hydrogens (tertiary/aromatic N) is 2. The highest BCUT2D eigenvalue weighted by molar-refractivity contribution is 7.15. The predicted octanol–water partition coefficient (Wildman–Crippen LogP) is 4.68. The molecule has 1 aliphatic heterocycles. The van der Waals surface area contributed by atoms with Gasteiger partial charge in [-0.05, 0) is 55.0 Å². The predicted molar refractivity (Wildman–Crippen MR) is 136 cm³/mol. The van der Waals surface area contributed by atoms with E-state index in [2.05, 4.69) is 10.3 Å². The number of carbonyl (C=O) groups is 2. The lowest BCUT2D eigenvalue weighted by Gasteiger charge is -2.27. The number of carbonyl (C=O) groups excluding carboxylic acids is 2. The van der Waals surface area contributed by atoms with E-state index in [1.54, 1.807) is 32.4 Å². The third-order valence-electron chi connectivity index (χ3n) is 6.67. The van der Waals surface area contributed by atoms with Crippen LogP contribution in [-0.4, -0.2) is 55.0 Å². The summed E-state index contributed by atoms with van der Waals surface area (Å²) in [4.78, 5) is 33.9. The molecule has 1 aliphatic carbocycles. The molecule has 5 rings (SSSR count). The number of ether oxygens (including phenoxy) is 2. The summed E-state index contributed by atoms with van der Waals surface area (Å²) in [6.07, 6.45) is 1.08. The van der Waals surface area contributed by atoms with Crippen LogP contribution in [0.25, 0.3) is 10.4 Å². The largest absolute Gasteiger partial charge is 0.497 e. The van der Waals surface area contributed by atoms with Gasteiger partial charge < -0.3 is 19.7 Å². The van der Waals surface area contributed by atoms with Crippen LogP contribution in [0.3, 0.4) is 0 Å². The van der Waals surface area contributed by atoms with Crippen molar-refractivity contribution in [3.05, 3.63) is 63.8 Å². The Morgan fingerprint density at radius 1 is 1.17 bits per heavy atom. The van der Waals surface area contributed by atoms with Crippen LogP contribution in [0.4, 0.5) is 0 Å². The fourth-order valence-electron chi connectivity index (χ4n) is 4.84. The van der Waals surface area contributed by atoms with Gasteiger partial charge in [-0.1, -0.05) is 23.7 Å². The maximum atomic E-state index is 13.7. The Hall–Kier alpha value is -3.10. The van der Waals surface area contributed by atoms with E-state index in [-0.39, 0.29) is 17.9 Å². The van der Waals surface area contributed by atoms with E-state index in [1.165, 1.54) is 11.3 Å². The third kappa shape index (κ3) is 4.73. The first-order valence-corrected chi connectivity index (χ1v) is 12.6. The summed E-state index contributed by atoms with van der Waals surface area (Å²) in [6, 6.07) is 12.5. The van der Waals surface area contributed by atoms with Gasteiger partial charge in [0.1, 0.15) is 17.2 Å². The maximum Gasteiger partial charge on any atom is 0.274 e. The van der Waals surface area contributed by atoms with E-state index >= 15 is 0 Å². The van der Waals surface area contributed by atoms with Gasteiger partial charge >= 0.3 is 0 Å². The molecule has 0 unspecified atom stereocenters. The molecule has 0 radical (unpaired) electrons. The zero-order valence-electron chi connectivity index (χ0n) is 19.7. The van der Waals surface area contributed by atoms with Crippen LogP contribution in [0.1, 0.15) is 32.3 Å². The zero-order valence-corrected chi connectivity index (χ0v) is 21.3. The molecule has 2 fully saturated rings. The highest BCUT2D eigenvalue weighted by Crippen LogP contribution is 2.50. The molecule has 1 N–H and O–H groups in total. The summed E-state index contributed by atoms with van der Waals surface area (Å²) in [6.45, 7) is 2.96. The number of amides is 2. The SMILES string of the molecule is COc1cc(OC)cc(C(=O)NC[C@@H]2[C@H]3C[C@H]3CN2C(=O)c2nc(C)sc2-c2cccc(Cl)c2)c1. The van der Waals surface area contributed by atoms with E-state index < -0.39 is 0 Å². The Morgan fingerprint density at radius 2 is 1.91 bits per heavy atom. The number of likely N-dealkylation sites (tertiary alicyclic amines) is 1. The van der Waals surface area contributed by atoms with Crippen molar-refractivity contribution in [2.45, 2.75) is 19.4 Å². The van der Waals surface area contributed by atoms with Gasteiger partial charge in [-0.15, -0.1) is 11.3 Å². The number of piperidine rings is 1. The molecule has 1 saturated carbocycles. The number of fused-ring (bicyclic) bond motifs is 1. The van der Waals surface area contributed by atoms with Crippen LogP contribution in [0, 0.1) is 18.8 Å². The summed E-state index contributed by atoms with van der Waals surface area (Å²) < 4.78 is 10.6. The minimum atomic E-state index is -0.234.